The van der Waals surface area contributed by atoms with Crippen molar-refractivity contribution in [1.82, 2.24) is 0 Å². The van der Waals surface area contributed by atoms with Gasteiger partial charge in [-0.3, -0.25) is 23.4 Å². The molecule has 0 aromatic carbocycles. The average Bonchev–Trinajstić information content (AvgIpc) is 3.37. The molecule has 2 N–H and O–H groups in total. The van der Waals surface area contributed by atoms with Crippen LogP contribution in [0, 0.1) is 0 Å². The Morgan fingerprint density at radius 3 is 1.08 bits per heavy atom. The van der Waals surface area contributed by atoms with E-state index >= 15 is 0 Å². The zero-order valence-corrected chi connectivity index (χ0v) is 47.0. The lowest BCUT2D eigenvalue weighted by Crippen LogP contribution is -2.30. The van der Waals surface area contributed by atoms with Crippen molar-refractivity contribution in [3.63, 3.8) is 0 Å². The van der Waals surface area contributed by atoms with Crippen molar-refractivity contribution in [2.45, 2.75) is 277 Å². The topological polar surface area (TPSA) is 155 Å². The molecule has 0 saturated carbocycles. The fourth-order valence-corrected chi connectivity index (χ4v) is 8.67. The Balaban J connectivity index is 4.73. The van der Waals surface area contributed by atoms with Gasteiger partial charge < -0.3 is 24.2 Å². The number of esters is 3. The smallest absolute Gasteiger partial charge is 0.462 e. The molecule has 0 fully saturated rings. The SMILES string of the molecule is CCCCC/C=C\C/C=C\C/C=C\CCCCCCCCC(=O)OCC(COP(=O)(O)OCC(CO)OC(=O)CCCCCCC/C=C\CCCCCC)OC(=O)CCCCCCC/C=C\CCCCCC. The van der Waals surface area contributed by atoms with Gasteiger partial charge in [0.05, 0.1) is 19.8 Å². The number of carbonyl (C=O) groups excluding carboxylic acids is 3. The van der Waals surface area contributed by atoms with Crippen LogP contribution in [0.2, 0.25) is 0 Å². The van der Waals surface area contributed by atoms with E-state index in [-0.39, 0.29) is 25.9 Å². The fraction of sp³-hybridized carbons (Fsp3) is 0.783. The third-order valence-corrected chi connectivity index (χ3v) is 13.3. The van der Waals surface area contributed by atoms with Gasteiger partial charge in [0.15, 0.2) is 6.10 Å². The fourth-order valence-electron chi connectivity index (χ4n) is 7.88. The number of rotatable bonds is 54. The van der Waals surface area contributed by atoms with Crippen LogP contribution >= 0.6 is 7.82 Å². The summed E-state index contributed by atoms with van der Waals surface area (Å²) < 4.78 is 39.5. The molecule has 0 amide bonds. The Morgan fingerprint density at radius 1 is 0.389 bits per heavy atom. The molecule has 12 heteroatoms. The van der Waals surface area contributed by atoms with Crippen LogP contribution in [-0.4, -0.2) is 66.5 Å². The number of aliphatic hydroxyl groups is 1. The Bertz CT molecular complexity index is 1440. The summed E-state index contributed by atoms with van der Waals surface area (Å²) in [6, 6.07) is 0. The molecule has 0 rings (SSSR count). The first kappa shape index (κ1) is 69.2. The van der Waals surface area contributed by atoms with E-state index in [9.17, 15) is 28.9 Å². The maximum Gasteiger partial charge on any atom is 0.472 e. The third-order valence-electron chi connectivity index (χ3n) is 12.4. The zero-order chi connectivity index (χ0) is 52.7. The van der Waals surface area contributed by atoms with Gasteiger partial charge in [-0.25, -0.2) is 4.57 Å². The summed E-state index contributed by atoms with van der Waals surface area (Å²) in [6.07, 6.45) is 58.9. The van der Waals surface area contributed by atoms with Crippen LogP contribution in [0.25, 0.3) is 0 Å². The molecule has 0 aromatic heterocycles. The molecule has 418 valence electrons. The van der Waals surface area contributed by atoms with Crippen molar-refractivity contribution >= 4 is 25.7 Å². The largest absolute Gasteiger partial charge is 0.472 e. The van der Waals surface area contributed by atoms with Crippen molar-refractivity contribution < 1.29 is 52.2 Å². The van der Waals surface area contributed by atoms with Gasteiger partial charge in [0.1, 0.15) is 12.7 Å². The predicted molar refractivity (Wildman–Crippen MR) is 298 cm³/mol. The summed E-state index contributed by atoms with van der Waals surface area (Å²) >= 11 is 0. The van der Waals surface area contributed by atoms with Crippen molar-refractivity contribution in [2.75, 3.05) is 26.4 Å². The molecule has 72 heavy (non-hydrogen) atoms. The monoisotopic (exact) mass is 1030 g/mol. The number of ether oxygens (including phenoxy) is 3. The lowest BCUT2D eigenvalue weighted by Gasteiger charge is -2.21. The highest BCUT2D eigenvalue weighted by Crippen LogP contribution is 2.43. The first-order valence-corrected chi connectivity index (χ1v) is 30.7. The first-order valence-electron chi connectivity index (χ1n) is 29.2. The van der Waals surface area contributed by atoms with Crippen LogP contribution in [0.1, 0.15) is 265 Å². The van der Waals surface area contributed by atoms with Crippen LogP contribution in [-0.2, 0) is 42.2 Å². The van der Waals surface area contributed by atoms with E-state index in [1.807, 2.05) is 0 Å². The molecule has 0 heterocycles. The normalized spacial score (nSPS) is 13.8. The first-order chi connectivity index (χ1) is 35.2. The van der Waals surface area contributed by atoms with Crippen LogP contribution < -0.4 is 0 Å². The summed E-state index contributed by atoms with van der Waals surface area (Å²) in [7, 11) is -4.75. The zero-order valence-electron chi connectivity index (χ0n) is 46.1. The number of phosphoric acid groups is 1. The summed E-state index contributed by atoms with van der Waals surface area (Å²) in [5.74, 6) is -1.49. The minimum absolute atomic E-state index is 0.154. The van der Waals surface area contributed by atoms with Crippen molar-refractivity contribution in [2.24, 2.45) is 0 Å². The lowest BCUT2D eigenvalue weighted by molar-refractivity contribution is -0.161. The summed E-state index contributed by atoms with van der Waals surface area (Å²) in [5.41, 5.74) is 0. The quantitative estimate of drug-likeness (QED) is 0.0197. The Labute approximate surface area is 440 Å². The van der Waals surface area contributed by atoms with Gasteiger partial charge in [-0.05, 0) is 109 Å². The molecule has 0 aromatic rings. The van der Waals surface area contributed by atoms with Crippen LogP contribution in [0.5, 0.6) is 0 Å². The number of allylic oxidation sites excluding steroid dienone is 10. The molecule has 0 aliphatic heterocycles. The van der Waals surface area contributed by atoms with Gasteiger partial charge in [-0.2, -0.15) is 0 Å². The molecule has 0 spiro atoms. The summed E-state index contributed by atoms with van der Waals surface area (Å²) in [5, 5.41) is 9.80. The number of unbranched alkanes of at least 4 members (excludes halogenated alkanes) is 27. The Kier molecular flexibility index (Phi) is 52.3. The molecular formula is C60H107O11P. The van der Waals surface area contributed by atoms with E-state index in [4.69, 9.17) is 23.3 Å². The maximum atomic E-state index is 12.9. The third kappa shape index (κ3) is 52.1. The average molecular weight is 1040 g/mol. The predicted octanol–water partition coefficient (Wildman–Crippen LogP) is 17.1. The van der Waals surface area contributed by atoms with E-state index in [1.165, 1.54) is 77.0 Å². The molecule has 0 aliphatic carbocycles. The van der Waals surface area contributed by atoms with Gasteiger partial charge in [-0.1, -0.05) is 197 Å². The minimum Gasteiger partial charge on any atom is -0.462 e. The molecule has 0 bridgehead atoms. The highest BCUT2D eigenvalue weighted by atomic mass is 31.2. The van der Waals surface area contributed by atoms with Gasteiger partial charge in [0.25, 0.3) is 0 Å². The van der Waals surface area contributed by atoms with Crippen LogP contribution in [0.4, 0.5) is 0 Å². The van der Waals surface area contributed by atoms with Crippen LogP contribution in [0.15, 0.2) is 60.8 Å². The van der Waals surface area contributed by atoms with Crippen molar-refractivity contribution in [3.05, 3.63) is 60.8 Å². The number of hydrogen-bond acceptors (Lipinski definition) is 10. The summed E-state index contributed by atoms with van der Waals surface area (Å²) in [4.78, 5) is 48.5. The highest BCUT2D eigenvalue weighted by molar-refractivity contribution is 7.47. The van der Waals surface area contributed by atoms with E-state index in [0.717, 1.165) is 128 Å². The van der Waals surface area contributed by atoms with Crippen molar-refractivity contribution in [3.8, 4) is 0 Å². The number of aliphatic hydroxyl groups excluding tert-OH is 1. The van der Waals surface area contributed by atoms with Gasteiger partial charge in [-0.15, -0.1) is 0 Å². The van der Waals surface area contributed by atoms with Crippen molar-refractivity contribution in [1.29, 1.82) is 0 Å². The van der Waals surface area contributed by atoms with E-state index in [0.29, 0.717) is 19.3 Å². The van der Waals surface area contributed by atoms with Gasteiger partial charge in [0, 0.05) is 19.3 Å². The summed E-state index contributed by atoms with van der Waals surface area (Å²) in [6.45, 7) is 4.57. The lowest BCUT2D eigenvalue weighted by atomic mass is 10.1. The molecule has 11 nitrogen and oxygen atoms in total. The standard InChI is InChI=1S/C60H107O11P/c1-4-7-10-13-16-19-22-25-26-27-28-29-30-33-34-37-40-43-46-49-58(62)67-53-57(71-60(64)51-48-45-42-39-36-32-24-21-18-15-12-9-6-3)55-69-72(65,66)68-54-56(52-61)70-59(63)50-47-44-41-38-35-31-23-20-17-14-11-8-5-2/h16,19-21,23-26,28-29,56-57,61H,4-15,17-18,22,27,30-55H2,1-3H3,(H,65,66)/b19-16-,23-20-,24-21-,26-25-,29-28-. The van der Waals surface area contributed by atoms with E-state index in [2.05, 4.69) is 81.5 Å². The van der Waals surface area contributed by atoms with Gasteiger partial charge >= 0.3 is 25.7 Å². The number of carbonyl (C=O) groups is 3. The molecule has 3 atom stereocenters. The second-order valence-corrected chi connectivity index (χ2v) is 20.9. The minimum atomic E-state index is -4.75. The molecule has 0 aliphatic rings. The maximum absolute atomic E-state index is 12.9. The molecular weight excluding hydrogens is 928 g/mol. The number of phosphoric ester groups is 1. The van der Waals surface area contributed by atoms with E-state index < -0.39 is 57.8 Å². The van der Waals surface area contributed by atoms with Gasteiger partial charge in [0.2, 0.25) is 0 Å². The molecule has 0 radical (unpaired) electrons. The second kappa shape index (κ2) is 54.4. The Morgan fingerprint density at radius 2 is 0.681 bits per heavy atom. The second-order valence-electron chi connectivity index (χ2n) is 19.4. The van der Waals surface area contributed by atoms with Crippen LogP contribution in [0.3, 0.4) is 0 Å². The molecule has 3 unspecified atom stereocenters. The highest BCUT2D eigenvalue weighted by Gasteiger charge is 2.28. The van der Waals surface area contributed by atoms with E-state index in [1.54, 1.807) is 0 Å². The molecule has 0 saturated heterocycles. The number of hydrogen-bond donors (Lipinski definition) is 2. The Hall–Kier alpha value is -2.82.